The Morgan fingerprint density at radius 1 is 1.29 bits per heavy atom. The van der Waals surface area contributed by atoms with Gasteiger partial charge in [0.15, 0.2) is 0 Å². The molecule has 98 valence electrons. The Balaban J connectivity index is 3.67. The zero-order valence-corrected chi connectivity index (χ0v) is 12.7. The van der Waals surface area contributed by atoms with E-state index in [1.165, 1.54) is 25.3 Å². The molecule has 0 aliphatic heterocycles. The van der Waals surface area contributed by atoms with Crippen molar-refractivity contribution in [1.29, 1.82) is 0 Å². The summed E-state index contributed by atoms with van der Waals surface area (Å²) in [6.45, 7) is 9.52. The van der Waals surface area contributed by atoms with E-state index in [9.17, 15) is 4.79 Å². The topological polar surface area (TPSA) is 26.3 Å². The molecule has 0 saturated heterocycles. The molecule has 17 heavy (non-hydrogen) atoms. The SMILES string of the molecule is CCCCCC=C=CC(=O)OCC[Si](C)(C)C. The Labute approximate surface area is 107 Å². The molecule has 0 aromatic heterocycles. The van der Waals surface area contributed by atoms with E-state index in [1.807, 2.05) is 6.08 Å². The lowest BCUT2D eigenvalue weighted by Crippen LogP contribution is -2.22. The van der Waals surface area contributed by atoms with Gasteiger partial charge in [0.05, 0.1) is 12.7 Å². The van der Waals surface area contributed by atoms with Gasteiger partial charge in [-0.1, -0.05) is 39.4 Å². The first-order valence-electron chi connectivity index (χ1n) is 6.53. The van der Waals surface area contributed by atoms with Gasteiger partial charge in [-0.15, -0.1) is 5.73 Å². The highest BCUT2D eigenvalue weighted by Gasteiger charge is 2.12. The van der Waals surface area contributed by atoms with Gasteiger partial charge in [0.1, 0.15) is 0 Å². The third kappa shape index (κ3) is 13.1. The van der Waals surface area contributed by atoms with Crippen LogP contribution in [0.3, 0.4) is 0 Å². The Kier molecular flexibility index (Phi) is 8.83. The molecule has 0 spiro atoms. The second-order valence-electron chi connectivity index (χ2n) is 5.49. The molecule has 2 nitrogen and oxygen atoms in total. The smallest absolute Gasteiger partial charge is 0.338 e. The van der Waals surface area contributed by atoms with E-state index in [4.69, 9.17) is 4.74 Å². The molecule has 0 aromatic carbocycles. The predicted octanol–water partition coefficient (Wildman–Crippen LogP) is 4.16. The quantitative estimate of drug-likeness (QED) is 0.214. The molecule has 3 heteroatoms. The number of carbonyl (C=O) groups is 1. The maximum Gasteiger partial charge on any atom is 0.338 e. The van der Waals surface area contributed by atoms with Gasteiger partial charge < -0.3 is 4.74 Å². The summed E-state index contributed by atoms with van der Waals surface area (Å²) in [5, 5.41) is 0. The Bertz CT molecular complexity index is 270. The third-order valence-electron chi connectivity index (χ3n) is 2.37. The van der Waals surface area contributed by atoms with E-state index in [1.54, 1.807) is 0 Å². The molecule has 0 saturated carbocycles. The molecule has 0 fully saturated rings. The van der Waals surface area contributed by atoms with E-state index >= 15 is 0 Å². The Morgan fingerprint density at radius 3 is 2.59 bits per heavy atom. The van der Waals surface area contributed by atoms with Gasteiger partial charge in [0.25, 0.3) is 0 Å². The molecule has 0 bridgehead atoms. The van der Waals surface area contributed by atoms with Crippen LogP contribution in [-0.4, -0.2) is 20.7 Å². The van der Waals surface area contributed by atoms with E-state index in [0.29, 0.717) is 6.61 Å². The monoisotopic (exact) mass is 254 g/mol. The maximum absolute atomic E-state index is 11.3. The van der Waals surface area contributed by atoms with Gasteiger partial charge in [0.2, 0.25) is 0 Å². The van der Waals surface area contributed by atoms with Crippen molar-refractivity contribution in [2.45, 2.75) is 58.3 Å². The van der Waals surface area contributed by atoms with Gasteiger partial charge in [0, 0.05) is 8.07 Å². The van der Waals surface area contributed by atoms with Crippen molar-refractivity contribution >= 4 is 14.0 Å². The minimum atomic E-state index is -1.10. The second-order valence-corrected chi connectivity index (χ2v) is 11.1. The molecule has 0 amide bonds. The van der Waals surface area contributed by atoms with Crippen molar-refractivity contribution in [3.05, 3.63) is 17.9 Å². The standard InChI is InChI=1S/C14H26O2Si/c1-5-6-7-8-9-10-11-14(15)16-12-13-17(2,3)4/h9,11H,5-8,12-13H2,1-4H3. The van der Waals surface area contributed by atoms with Crippen LogP contribution < -0.4 is 0 Å². The normalized spacial score (nSPS) is 10.6. The van der Waals surface area contributed by atoms with E-state index < -0.39 is 8.07 Å². The molecule has 0 unspecified atom stereocenters. The van der Waals surface area contributed by atoms with Gasteiger partial charge >= 0.3 is 5.97 Å². The van der Waals surface area contributed by atoms with Crippen molar-refractivity contribution in [3.8, 4) is 0 Å². The zero-order chi connectivity index (χ0) is 13.1. The number of unbranched alkanes of at least 4 members (excludes halogenated alkanes) is 3. The minimum Gasteiger partial charge on any atom is -0.462 e. The first-order valence-corrected chi connectivity index (χ1v) is 10.2. The lowest BCUT2D eigenvalue weighted by Gasteiger charge is -2.14. The van der Waals surface area contributed by atoms with E-state index in [-0.39, 0.29) is 5.97 Å². The molecule has 0 radical (unpaired) electrons. The predicted molar refractivity (Wildman–Crippen MR) is 75.9 cm³/mol. The van der Waals surface area contributed by atoms with Crippen LogP contribution in [0.4, 0.5) is 0 Å². The summed E-state index contributed by atoms with van der Waals surface area (Å²) < 4.78 is 5.10. The fraction of sp³-hybridized carbons (Fsp3) is 0.714. The van der Waals surface area contributed by atoms with Crippen LogP contribution in [0.5, 0.6) is 0 Å². The highest BCUT2D eigenvalue weighted by Crippen LogP contribution is 2.07. The zero-order valence-electron chi connectivity index (χ0n) is 11.7. The average molecular weight is 254 g/mol. The summed E-state index contributed by atoms with van der Waals surface area (Å²) in [7, 11) is -1.10. The third-order valence-corrected chi connectivity index (χ3v) is 4.07. The van der Waals surface area contributed by atoms with Crippen LogP contribution >= 0.6 is 0 Å². The molecular formula is C14H26O2Si. The number of rotatable bonds is 8. The summed E-state index contributed by atoms with van der Waals surface area (Å²) in [5.41, 5.74) is 2.88. The fourth-order valence-electron chi connectivity index (χ4n) is 1.21. The van der Waals surface area contributed by atoms with Crippen molar-refractivity contribution < 1.29 is 9.53 Å². The van der Waals surface area contributed by atoms with Gasteiger partial charge in [-0.05, 0) is 25.0 Å². The Morgan fingerprint density at radius 2 is 2.00 bits per heavy atom. The van der Waals surface area contributed by atoms with Crippen molar-refractivity contribution in [2.75, 3.05) is 6.61 Å². The molecular weight excluding hydrogens is 228 g/mol. The summed E-state index contributed by atoms with van der Waals surface area (Å²) in [6, 6.07) is 1.02. The van der Waals surface area contributed by atoms with Crippen LogP contribution in [0, 0.1) is 0 Å². The van der Waals surface area contributed by atoms with Gasteiger partial charge in [-0.2, -0.15) is 0 Å². The summed E-state index contributed by atoms with van der Waals surface area (Å²) in [4.78, 5) is 11.3. The molecule has 0 aliphatic carbocycles. The number of hydrogen-bond donors (Lipinski definition) is 0. The number of carbonyl (C=O) groups excluding carboxylic acids is 1. The van der Waals surface area contributed by atoms with Crippen LogP contribution in [0.2, 0.25) is 25.7 Å². The number of hydrogen-bond acceptors (Lipinski definition) is 2. The Hall–Kier alpha value is -0.793. The lowest BCUT2D eigenvalue weighted by atomic mass is 10.2. The minimum absolute atomic E-state index is 0.269. The fourth-order valence-corrected chi connectivity index (χ4v) is 1.92. The van der Waals surface area contributed by atoms with E-state index in [0.717, 1.165) is 12.5 Å². The maximum atomic E-state index is 11.3. The molecule has 0 aromatic rings. The molecule has 0 rings (SSSR count). The van der Waals surface area contributed by atoms with Crippen molar-refractivity contribution in [2.24, 2.45) is 0 Å². The first kappa shape index (κ1) is 16.2. The molecule has 0 aliphatic rings. The molecule has 0 atom stereocenters. The van der Waals surface area contributed by atoms with Crippen molar-refractivity contribution in [3.63, 3.8) is 0 Å². The number of esters is 1. The van der Waals surface area contributed by atoms with E-state index in [2.05, 4.69) is 32.3 Å². The van der Waals surface area contributed by atoms with Gasteiger partial charge in [-0.3, -0.25) is 0 Å². The van der Waals surface area contributed by atoms with Crippen LogP contribution in [0.25, 0.3) is 0 Å². The average Bonchev–Trinajstić information content (AvgIpc) is 2.21. The first-order chi connectivity index (χ1) is 7.95. The summed E-state index contributed by atoms with van der Waals surface area (Å²) in [5.74, 6) is -0.269. The summed E-state index contributed by atoms with van der Waals surface area (Å²) >= 11 is 0. The highest BCUT2D eigenvalue weighted by molar-refractivity contribution is 6.76. The summed E-state index contributed by atoms with van der Waals surface area (Å²) in [6.07, 6.45) is 7.93. The van der Waals surface area contributed by atoms with Crippen LogP contribution in [0.15, 0.2) is 17.9 Å². The second kappa shape index (κ2) is 9.26. The molecule has 0 heterocycles. The number of ether oxygens (including phenoxy) is 1. The largest absolute Gasteiger partial charge is 0.462 e. The molecule has 0 N–H and O–H groups in total. The highest BCUT2D eigenvalue weighted by atomic mass is 28.3. The van der Waals surface area contributed by atoms with Crippen molar-refractivity contribution in [1.82, 2.24) is 0 Å². The van der Waals surface area contributed by atoms with Crippen LogP contribution in [0.1, 0.15) is 32.6 Å². The van der Waals surface area contributed by atoms with Crippen LogP contribution in [-0.2, 0) is 9.53 Å². The lowest BCUT2D eigenvalue weighted by molar-refractivity contribution is -0.137. The van der Waals surface area contributed by atoms with Gasteiger partial charge in [-0.25, -0.2) is 4.79 Å².